The zero-order chi connectivity index (χ0) is 10.7. The van der Waals surface area contributed by atoms with E-state index in [1.54, 1.807) is 0 Å². The summed E-state index contributed by atoms with van der Waals surface area (Å²) in [4.78, 5) is 10.4. The molecule has 0 spiro atoms. The highest BCUT2D eigenvalue weighted by molar-refractivity contribution is 6.31. The largest absolute Gasteiger partial charge is 0.494 e. The number of carboxylic acid groups (broad SMARTS) is 1. The van der Waals surface area contributed by atoms with Crippen LogP contribution in [0.25, 0.3) is 0 Å². The molecule has 1 aromatic rings. The van der Waals surface area contributed by atoms with Gasteiger partial charge < -0.3 is 9.84 Å². The summed E-state index contributed by atoms with van der Waals surface area (Å²) in [6, 6.07) is 2.59. The molecule has 76 valence electrons. The van der Waals surface area contributed by atoms with Crippen molar-refractivity contribution in [3.63, 3.8) is 0 Å². The van der Waals surface area contributed by atoms with Crippen LogP contribution in [0, 0.1) is 5.82 Å². The summed E-state index contributed by atoms with van der Waals surface area (Å²) in [7, 11) is 1.29. The van der Waals surface area contributed by atoms with Crippen molar-refractivity contribution < 1.29 is 19.0 Å². The van der Waals surface area contributed by atoms with E-state index in [0.29, 0.717) is 5.56 Å². The molecule has 0 aliphatic heterocycles. The predicted molar refractivity (Wildman–Crippen MR) is 49.3 cm³/mol. The predicted octanol–water partition coefficient (Wildman–Crippen LogP) is 2.11. The maximum Gasteiger partial charge on any atom is 0.307 e. The van der Waals surface area contributed by atoms with Crippen molar-refractivity contribution in [2.24, 2.45) is 0 Å². The lowest BCUT2D eigenvalue weighted by molar-refractivity contribution is -0.136. The van der Waals surface area contributed by atoms with Crippen LogP contribution in [-0.2, 0) is 11.2 Å². The summed E-state index contributed by atoms with van der Waals surface area (Å²) < 4.78 is 17.8. The van der Waals surface area contributed by atoms with Gasteiger partial charge in [-0.1, -0.05) is 11.6 Å². The van der Waals surface area contributed by atoms with Gasteiger partial charge in [-0.2, -0.15) is 0 Å². The van der Waals surface area contributed by atoms with Crippen LogP contribution in [-0.4, -0.2) is 18.2 Å². The van der Waals surface area contributed by atoms with Gasteiger partial charge in [0, 0.05) is 0 Å². The molecule has 1 N–H and O–H groups in total. The van der Waals surface area contributed by atoms with E-state index < -0.39 is 11.8 Å². The van der Waals surface area contributed by atoms with Crippen LogP contribution < -0.4 is 4.74 Å². The van der Waals surface area contributed by atoms with E-state index in [1.807, 2.05) is 0 Å². The number of benzene rings is 1. The van der Waals surface area contributed by atoms with Crippen LogP contribution in [0.4, 0.5) is 4.39 Å². The number of ether oxygens (including phenoxy) is 1. The van der Waals surface area contributed by atoms with E-state index in [4.69, 9.17) is 21.4 Å². The molecule has 0 aliphatic rings. The monoisotopic (exact) mass is 218 g/mol. The summed E-state index contributed by atoms with van der Waals surface area (Å²) in [5.41, 5.74) is 0.403. The molecule has 0 atom stereocenters. The molecule has 0 aliphatic carbocycles. The average Bonchev–Trinajstić information content (AvgIpc) is 2.10. The fourth-order valence-electron chi connectivity index (χ4n) is 1.04. The number of methoxy groups -OCH3 is 1. The highest BCUT2D eigenvalue weighted by Gasteiger charge is 2.11. The molecule has 5 heteroatoms. The van der Waals surface area contributed by atoms with Crippen LogP contribution in [0.2, 0.25) is 5.02 Å². The highest BCUT2D eigenvalue weighted by Crippen LogP contribution is 2.26. The molecular formula is C9H8ClFO3. The first-order valence-electron chi connectivity index (χ1n) is 3.78. The minimum Gasteiger partial charge on any atom is -0.494 e. The summed E-state index contributed by atoms with van der Waals surface area (Å²) in [6.45, 7) is 0. The molecule has 14 heavy (non-hydrogen) atoms. The fourth-order valence-corrected chi connectivity index (χ4v) is 1.28. The molecular weight excluding hydrogens is 211 g/mol. The van der Waals surface area contributed by atoms with Gasteiger partial charge in [-0.3, -0.25) is 4.79 Å². The molecule has 0 bridgehead atoms. The second-order valence-corrected chi connectivity index (χ2v) is 3.07. The van der Waals surface area contributed by atoms with E-state index in [-0.39, 0.29) is 17.2 Å². The lowest BCUT2D eigenvalue weighted by Gasteiger charge is -2.05. The van der Waals surface area contributed by atoms with Crippen LogP contribution in [0.3, 0.4) is 0 Å². The van der Waals surface area contributed by atoms with Crippen LogP contribution in [0.15, 0.2) is 12.1 Å². The molecule has 3 nitrogen and oxygen atoms in total. The SMILES string of the molecule is COc1cc(CC(=O)O)cc(Cl)c1F. The highest BCUT2D eigenvalue weighted by atomic mass is 35.5. The Kier molecular flexibility index (Phi) is 3.30. The number of aliphatic carboxylic acids is 1. The molecule has 0 unspecified atom stereocenters. The lowest BCUT2D eigenvalue weighted by Crippen LogP contribution is -2.01. The maximum absolute atomic E-state index is 13.1. The fraction of sp³-hybridized carbons (Fsp3) is 0.222. The lowest BCUT2D eigenvalue weighted by atomic mass is 10.1. The Hall–Kier alpha value is -1.29. The number of hydrogen-bond donors (Lipinski definition) is 1. The second-order valence-electron chi connectivity index (χ2n) is 2.66. The Labute approximate surface area is 85.1 Å². The molecule has 0 saturated carbocycles. The van der Waals surface area contributed by atoms with E-state index in [0.717, 1.165) is 0 Å². The number of halogens is 2. The van der Waals surface area contributed by atoms with Gasteiger partial charge in [0.05, 0.1) is 18.6 Å². The Balaban J connectivity index is 3.09. The zero-order valence-electron chi connectivity index (χ0n) is 7.38. The summed E-state index contributed by atoms with van der Waals surface area (Å²) in [5.74, 6) is -1.73. The Morgan fingerprint density at radius 3 is 2.79 bits per heavy atom. The number of rotatable bonds is 3. The molecule has 1 aromatic carbocycles. The van der Waals surface area contributed by atoms with Gasteiger partial charge in [0.25, 0.3) is 0 Å². The van der Waals surface area contributed by atoms with Gasteiger partial charge in [-0.05, 0) is 17.7 Å². The normalized spacial score (nSPS) is 9.93. The summed E-state index contributed by atoms with van der Waals surface area (Å²) in [5, 5.41) is 8.37. The molecule has 0 fully saturated rings. The summed E-state index contributed by atoms with van der Waals surface area (Å²) >= 11 is 5.53. The minimum absolute atomic E-state index is 0.0475. The quantitative estimate of drug-likeness (QED) is 0.845. The maximum atomic E-state index is 13.1. The first-order valence-corrected chi connectivity index (χ1v) is 4.16. The van der Waals surface area contributed by atoms with Gasteiger partial charge in [-0.15, -0.1) is 0 Å². The topological polar surface area (TPSA) is 46.5 Å². The van der Waals surface area contributed by atoms with Crippen molar-refractivity contribution in [3.8, 4) is 5.75 Å². The molecule has 1 rings (SSSR count). The van der Waals surface area contributed by atoms with Crippen LogP contribution >= 0.6 is 11.6 Å². The summed E-state index contributed by atoms with van der Waals surface area (Å²) in [6.07, 6.45) is -0.212. The van der Waals surface area contributed by atoms with Gasteiger partial charge >= 0.3 is 5.97 Å². The smallest absolute Gasteiger partial charge is 0.307 e. The Morgan fingerprint density at radius 2 is 2.29 bits per heavy atom. The molecule has 0 amide bonds. The van der Waals surface area contributed by atoms with Gasteiger partial charge in [0.2, 0.25) is 0 Å². The third kappa shape index (κ3) is 2.35. The first-order chi connectivity index (χ1) is 6.54. The Bertz CT molecular complexity index is 365. The molecule has 0 saturated heterocycles. The van der Waals surface area contributed by atoms with E-state index in [1.165, 1.54) is 19.2 Å². The molecule has 0 aromatic heterocycles. The number of carboxylic acids is 1. The van der Waals surface area contributed by atoms with Crippen LogP contribution in [0.1, 0.15) is 5.56 Å². The minimum atomic E-state index is -1.00. The van der Waals surface area contributed by atoms with Gasteiger partial charge in [0.15, 0.2) is 11.6 Å². The van der Waals surface area contributed by atoms with Gasteiger partial charge in [0.1, 0.15) is 0 Å². The van der Waals surface area contributed by atoms with Crippen molar-refractivity contribution >= 4 is 17.6 Å². The van der Waals surface area contributed by atoms with Crippen molar-refractivity contribution in [2.75, 3.05) is 7.11 Å². The van der Waals surface area contributed by atoms with E-state index >= 15 is 0 Å². The molecule has 0 radical (unpaired) electrons. The van der Waals surface area contributed by atoms with Crippen molar-refractivity contribution in [2.45, 2.75) is 6.42 Å². The average molecular weight is 219 g/mol. The zero-order valence-corrected chi connectivity index (χ0v) is 8.14. The van der Waals surface area contributed by atoms with Gasteiger partial charge in [-0.25, -0.2) is 4.39 Å². The van der Waals surface area contributed by atoms with Crippen molar-refractivity contribution in [3.05, 3.63) is 28.5 Å². The van der Waals surface area contributed by atoms with Crippen molar-refractivity contribution in [1.82, 2.24) is 0 Å². The van der Waals surface area contributed by atoms with Crippen LogP contribution in [0.5, 0.6) is 5.75 Å². The Morgan fingerprint density at radius 1 is 1.64 bits per heavy atom. The third-order valence-corrected chi connectivity index (χ3v) is 1.90. The number of carbonyl (C=O) groups is 1. The number of hydrogen-bond acceptors (Lipinski definition) is 2. The first kappa shape index (κ1) is 10.8. The molecule has 0 heterocycles. The van der Waals surface area contributed by atoms with E-state index in [9.17, 15) is 9.18 Å². The van der Waals surface area contributed by atoms with Crippen molar-refractivity contribution in [1.29, 1.82) is 0 Å². The standard InChI is InChI=1S/C9H8ClFO3/c1-14-7-3-5(4-8(12)13)2-6(10)9(7)11/h2-3H,4H2,1H3,(H,12,13). The van der Waals surface area contributed by atoms with E-state index in [2.05, 4.69) is 0 Å². The third-order valence-electron chi connectivity index (χ3n) is 1.63. The second kappa shape index (κ2) is 4.28.